The number of fused-ring (bicyclic) bond motifs is 1. The number of amides is 3. The number of hydrogen-bond donors (Lipinski definition) is 2. The Bertz CT molecular complexity index is 939. The van der Waals surface area contributed by atoms with Gasteiger partial charge in [0, 0.05) is 26.2 Å². The lowest BCUT2D eigenvalue weighted by Crippen LogP contribution is -2.69. The summed E-state index contributed by atoms with van der Waals surface area (Å²) in [7, 11) is -2.98. The minimum Gasteiger partial charge on any atom is -0.497 e. The van der Waals surface area contributed by atoms with Gasteiger partial charge in [-0.1, -0.05) is 12.1 Å². The molecule has 11 nitrogen and oxygen atoms in total. The molecule has 0 saturated carbocycles. The molecule has 12 heteroatoms. The molecule has 31 heavy (non-hydrogen) atoms. The van der Waals surface area contributed by atoms with Gasteiger partial charge in [0.05, 0.1) is 32.4 Å². The lowest BCUT2D eigenvalue weighted by atomic mass is 10.0. The number of likely N-dealkylation sites (tertiary alicyclic amines) is 1. The Morgan fingerprint density at radius 1 is 1.29 bits per heavy atom. The van der Waals surface area contributed by atoms with Crippen molar-refractivity contribution in [2.45, 2.75) is 31.1 Å². The average molecular weight is 455 g/mol. The van der Waals surface area contributed by atoms with E-state index >= 15 is 0 Å². The fourth-order valence-electron chi connectivity index (χ4n) is 4.40. The van der Waals surface area contributed by atoms with Crippen LogP contribution in [0.3, 0.4) is 0 Å². The zero-order chi connectivity index (χ0) is 22.2. The molecule has 0 spiro atoms. The molecule has 1 aromatic carbocycles. The van der Waals surface area contributed by atoms with E-state index in [0.29, 0.717) is 43.6 Å². The van der Waals surface area contributed by atoms with Crippen LogP contribution in [0.15, 0.2) is 24.3 Å². The first-order chi connectivity index (χ1) is 14.8. The predicted octanol–water partition coefficient (Wildman–Crippen LogP) is -0.306. The van der Waals surface area contributed by atoms with Gasteiger partial charge in [0.25, 0.3) is 5.91 Å². The first-order valence-corrected chi connectivity index (χ1v) is 11.5. The monoisotopic (exact) mass is 454 g/mol. The molecule has 4 rings (SSSR count). The predicted molar refractivity (Wildman–Crippen MR) is 109 cm³/mol. The van der Waals surface area contributed by atoms with Crippen LogP contribution in [0.25, 0.3) is 0 Å². The first kappa shape index (κ1) is 21.8. The zero-order valence-electron chi connectivity index (χ0n) is 17.1. The summed E-state index contributed by atoms with van der Waals surface area (Å²) >= 11 is 0. The summed E-state index contributed by atoms with van der Waals surface area (Å²) in [5.74, 6) is 0.00788. The van der Waals surface area contributed by atoms with Gasteiger partial charge in [0.15, 0.2) is 0 Å². The van der Waals surface area contributed by atoms with Crippen molar-refractivity contribution in [1.82, 2.24) is 19.4 Å². The number of nitrogens with one attached hydrogen (secondary N) is 1. The van der Waals surface area contributed by atoms with Crippen molar-refractivity contribution in [2.24, 2.45) is 0 Å². The van der Waals surface area contributed by atoms with Crippen LogP contribution in [-0.4, -0.2) is 97.1 Å². The minimum absolute atomic E-state index is 0.238. The molecule has 3 fully saturated rings. The Hall–Kier alpha value is -2.41. The third kappa shape index (κ3) is 4.47. The quantitative estimate of drug-likeness (QED) is 0.458. The molecule has 3 aliphatic heterocycles. The van der Waals surface area contributed by atoms with E-state index in [1.807, 2.05) is 24.3 Å². The second-order valence-corrected chi connectivity index (χ2v) is 9.20. The maximum atomic E-state index is 12.8. The van der Waals surface area contributed by atoms with Gasteiger partial charge in [-0.15, -0.1) is 0 Å². The molecule has 2 N–H and O–H groups in total. The Morgan fingerprint density at radius 2 is 2.03 bits per heavy atom. The SMILES string of the molecule is COc1ccc(CN2CCOC[C@@H](NC(=O)N3CC[C@@H]4[C@H]3C(=O)N4S(=O)(=O)O)C2)cc1. The smallest absolute Gasteiger partial charge is 0.362 e. The number of carbonyl (C=O) groups excluding carboxylic acids is 2. The third-order valence-electron chi connectivity index (χ3n) is 5.89. The molecule has 3 heterocycles. The van der Waals surface area contributed by atoms with E-state index < -0.39 is 34.3 Å². The number of benzene rings is 1. The lowest BCUT2D eigenvalue weighted by molar-refractivity contribution is -0.143. The Labute approximate surface area is 180 Å². The second kappa shape index (κ2) is 8.61. The highest BCUT2D eigenvalue weighted by atomic mass is 32.2. The van der Waals surface area contributed by atoms with Crippen LogP contribution in [0.4, 0.5) is 4.79 Å². The summed E-state index contributed by atoms with van der Waals surface area (Å²) in [4.78, 5) is 28.5. The number of urea groups is 1. The highest BCUT2D eigenvalue weighted by molar-refractivity contribution is 7.84. The number of β-lactam (4-membered cyclic amide) rings is 1. The van der Waals surface area contributed by atoms with Crippen molar-refractivity contribution in [3.8, 4) is 5.75 Å². The number of rotatable bonds is 5. The van der Waals surface area contributed by atoms with Crippen molar-refractivity contribution >= 4 is 22.2 Å². The van der Waals surface area contributed by atoms with Crippen molar-refractivity contribution < 1.29 is 32.0 Å². The Kier molecular flexibility index (Phi) is 6.06. The molecule has 0 unspecified atom stereocenters. The highest BCUT2D eigenvalue weighted by Gasteiger charge is 2.60. The number of carbonyl (C=O) groups is 2. The van der Waals surface area contributed by atoms with Gasteiger partial charge in [0.2, 0.25) is 0 Å². The molecule has 0 aliphatic carbocycles. The Morgan fingerprint density at radius 3 is 2.71 bits per heavy atom. The molecular formula is C19H26N4O7S. The summed E-state index contributed by atoms with van der Waals surface area (Å²) in [6, 6.07) is 5.51. The maximum Gasteiger partial charge on any atom is 0.362 e. The van der Waals surface area contributed by atoms with Gasteiger partial charge >= 0.3 is 16.3 Å². The summed E-state index contributed by atoms with van der Waals surface area (Å²) in [6.07, 6.45) is 0.300. The number of ether oxygens (including phenoxy) is 2. The standard InChI is InChI=1S/C19H26N4O7S/c1-29-15-4-2-13(3-5-15)10-21-8-9-30-12-14(11-21)20-19(25)22-7-6-16-17(22)18(24)23(16)31(26,27)28/h2-5,14,16-17H,6-12H2,1H3,(H,20,25)(H,26,27,28)/t14-,16+,17-/m0/s1. The lowest BCUT2D eigenvalue weighted by Gasteiger charge is -2.42. The van der Waals surface area contributed by atoms with E-state index in [1.54, 1.807) is 7.11 Å². The van der Waals surface area contributed by atoms with Gasteiger partial charge in [0.1, 0.15) is 11.8 Å². The minimum atomic E-state index is -4.60. The second-order valence-electron chi connectivity index (χ2n) is 7.91. The van der Waals surface area contributed by atoms with E-state index in [0.717, 1.165) is 11.3 Å². The van der Waals surface area contributed by atoms with Crippen LogP contribution in [0.5, 0.6) is 5.75 Å². The van der Waals surface area contributed by atoms with Gasteiger partial charge in [-0.25, -0.2) is 9.10 Å². The molecule has 0 radical (unpaired) electrons. The molecule has 3 saturated heterocycles. The van der Waals surface area contributed by atoms with Gasteiger partial charge in [-0.05, 0) is 24.1 Å². The molecule has 3 atom stereocenters. The van der Waals surface area contributed by atoms with Crippen molar-refractivity contribution in [3.05, 3.63) is 29.8 Å². The number of methoxy groups -OCH3 is 1. The summed E-state index contributed by atoms with van der Waals surface area (Å²) in [6.45, 7) is 3.11. The molecular weight excluding hydrogens is 428 g/mol. The van der Waals surface area contributed by atoms with E-state index in [4.69, 9.17) is 9.47 Å². The van der Waals surface area contributed by atoms with Crippen molar-refractivity contribution in [3.63, 3.8) is 0 Å². The molecule has 170 valence electrons. The fourth-order valence-corrected chi connectivity index (χ4v) is 5.29. The highest BCUT2D eigenvalue weighted by Crippen LogP contribution is 2.35. The van der Waals surface area contributed by atoms with E-state index in [2.05, 4.69) is 10.2 Å². The molecule has 0 bridgehead atoms. The summed E-state index contributed by atoms with van der Waals surface area (Å²) in [5.41, 5.74) is 1.11. The molecule has 1 aromatic rings. The van der Waals surface area contributed by atoms with Crippen LogP contribution in [0, 0.1) is 0 Å². The van der Waals surface area contributed by atoms with E-state index in [1.165, 1.54) is 4.90 Å². The maximum absolute atomic E-state index is 12.8. The topological polar surface area (TPSA) is 129 Å². The molecule has 3 amide bonds. The van der Waals surface area contributed by atoms with E-state index in [9.17, 15) is 22.6 Å². The molecule has 0 aromatic heterocycles. The van der Waals surface area contributed by atoms with Crippen LogP contribution in [0.1, 0.15) is 12.0 Å². The van der Waals surface area contributed by atoms with Crippen molar-refractivity contribution in [1.29, 1.82) is 0 Å². The normalized spacial score (nSPS) is 26.8. The average Bonchev–Trinajstić information content (AvgIpc) is 2.95. The summed E-state index contributed by atoms with van der Waals surface area (Å²) in [5, 5.41) is 2.91. The van der Waals surface area contributed by atoms with Gasteiger partial charge in [-0.3, -0.25) is 14.2 Å². The van der Waals surface area contributed by atoms with Crippen LogP contribution < -0.4 is 10.1 Å². The van der Waals surface area contributed by atoms with Crippen LogP contribution in [-0.2, 0) is 26.4 Å². The number of hydrogen-bond acceptors (Lipinski definition) is 7. The van der Waals surface area contributed by atoms with E-state index in [-0.39, 0.29) is 12.6 Å². The Balaban J connectivity index is 1.35. The van der Waals surface area contributed by atoms with Crippen LogP contribution in [0.2, 0.25) is 0 Å². The number of nitrogens with zero attached hydrogens (tertiary/aromatic N) is 3. The van der Waals surface area contributed by atoms with Crippen molar-refractivity contribution in [2.75, 3.05) is 40.0 Å². The third-order valence-corrected chi connectivity index (χ3v) is 6.84. The zero-order valence-corrected chi connectivity index (χ0v) is 18.0. The van der Waals surface area contributed by atoms with Gasteiger partial charge < -0.3 is 19.7 Å². The summed E-state index contributed by atoms with van der Waals surface area (Å²) < 4.78 is 43.1. The fraction of sp³-hybridized carbons (Fsp3) is 0.579. The first-order valence-electron chi connectivity index (χ1n) is 10.1. The molecule has 3 aliphatic rings. The van der Waals surface area contributed by atoms with Gasteiger partial charge in [-0.2, -0.15) is 8.42 Å². The largest absolute Gasteiger partial charge is 0.497 e. The van der Waals surface area contributed by atoms with Crippen LogP contribution >= 0.6 is 0 Å².